The van der Waals surface area contributed by atoms with Crippen molar-refractivity contribution in [3.05, 3.63) is 54.4 Å². The molecule has 0 atom stereocenters. The van der Waals surface area contributed by atoms with Crippen molar-refractivity contribution in [2.24, 2.45) is 0 Å². The fourth-order valence-electron chi connectivity index (χ4n) is 4.05. The third kappa shape index (κ3) is 3.99. The number of nitrogens with one attached hydrogen (secondary N) is 1. The molecule has 0 radical (unpaired) electrons. The minimum absolute atomic E-state index is 1.02. The van der Waals surface area contributed by atoms with Gasteiger partial charge < -0.3 is 9.88 Å². The lowest BCUT2D eigenvalue weighted by molar-refractivity contribution is 0.266. The first-order valence-electron chi connectivity index (χ1n) is 10.1. The number of H-pyrrole nitrogens is 1. The Morgan fingerprint density at radius 1 is 0.885 bits per heavy atom. The van der Waals surface area contributed by atoms with Crippen molar-refractivity contribution >= 4 is 21.8 Å². The van der Waals surface area contributed by atoms with Crippen molar-refractivity contribution in [2.45, 2.75) is 44.9 Å². The molecule has 3 heterocycles. The number of aromatic nitrogens is 2. The Morgan fingerprint density at radius 3 is 2.46 bits per heavy atom. The summed E-state index contributed by atoms with van der Waals surface area (Å²) in [5.74, 6) is 0. The average Bonchev–Trinajstić information content (AvgIpc) is 3.03. The van der Waals surface area contributed by atoms with Crippen LogP contribution in [0.3, 0.4) is 0 Å². The fraction of sp³-hybridized carbons (Fsp3) is 0.435. The lowest BCUT2D eigenvalue weighted by atomic mass is 10.1. The third-order valence-electron chi connectivity index (χ3n) is 5.53. The zero-order valence-corrected chi connectivity index (χ0v) is 15.6. The summed E-state index contributed by atoms with van der Waals surface area (Å²) in [5.41, 5.74) is 3.63. The molecule has 0 fully saturated rings. The van der Waals surface area contributed by atoms with E-state index >= 15 is 0 Å². The van der Waals surface area contributed by atoms with Crippen LogP contribution in [0.4, 0.5) is 0 Å². The molecule has 2 aromatic heterocycles. The minimum Gasteiger partial charge on any atom is -0.353 e. The number of fused-ring (bicyclic) bond motifs is 3. The van der Waals surface area contributed by atoms with Crippen LogP contribution in [-0.2, 0) is 6.42 Å². The highest BCUT2D eigenvalue weighted by molar-refractivity contribution is 6.07. The number of benzene rings is 1. The molecule has 0 amide bonds. The lowest BCUT2D eigenvalue weighted by Crippen LogP contribution is -2.28. The van der Waals surface area contributed by atoms with Crippen LogP contribution in [0.2, 0.25) is 0 Å². The Bertz CT molecular complexity index is 863. The maximum atomic E-state index is 4.71. The smallest absolute Gasteiger partial charge is 0.0684 e. The largest absolute Gasteiger partial charge is 0.353 e. The standard InChI is InChI=1S/C23H29N3/c1-2-4-6-10-17-26(16-9-5-3-1)18-14-22-23-20(13-15-24-22)19-11-7-8-12-21(19)25-23/h1-2,7-8,11-13,15,25H,3-6,9-10,14,16-18H2/b2-1-. The van der Waals surface area contributed by atoms with Gasteiger partial charge in [0.1, 0.15) is 0 Å². The molecule has 136 valence electrons. The summed E-state index contributed by atoms with van der Waals surface area (Å²) < 4.78 is 0. The second kappa shape index (κ2) is 8.50. The minimum atomic E-state index is 1.02. The van der Waals surface area contributed by atoms with Gasteiger partial charge in [0.05, 0.1) is 11.2 Å². The SMILES string of the molecule is C1=C\CCCCN(CCc2nccc3c2[nH]c2ccccc23)CCCC/1. The summed E-state index contributed by atoms with van der Waals surface area (Å²) in [5, 5.41) is 2.60. The van der Waals surface area contributed by atoms with Crippen LogP contribution in [0, 0.1) is 0 Å². The summed E-state index contributed by atoms with van der Waals surface area (Å²) in [4.78, 5) is 11.0. The molecule has 0 saturated carbocycles. The van der Waals surface area contributed by atoms with Crippen LogP contribution < -0.4 is 0 Å². The molecule has 26 heavy (non-hydrogen) atoms. The molecule has 1 aliphatic rings. The number of allylic oxidation sites excluding steroid dienone is 2. The first kappa shape index (κ1) is 17.3. The predicted molar refractivity (Wildman–Crippen MR) is 111 cm³/mol. The zero-order valence-electron chi connectivity index (χ0n) is 15.6. The van der Waals surface area contributed by atoms with Gasteiger partial charge in [0.2, 0.25) is 0 Å². The maximum Gasteiger partial charge on any atom is 0.0684 e. The van der Waals surface area contributed by atoms with Gasteiger partial charge in [-0.3, -0.25) is 4.98 Å². The van der Waals surface area contributed by atoms with Gasteiger partial charge in [0.25, 0.3) is 0 Å². The Labute approximate surface area is 156 Å². The van der Waals surface area contributed by atoms with E-state index in [0.717, 1.165) is 13.0 Å². The zero-order chi connectivity index (χ0) is 17.6. The predicted octanol–water partition coefficient (Wildman–Crippen LogP) is 5.47. The van der Waals surface area contributed by atoms with Crippen molar-refractivity contribution in [2.75, 3.05) is 19.6 Å². The number of pyridine rings is 1. The summed E-state index contributed by atoms with van der Waals surface area (Å²) >= 11 is 0. The molecule has 0 aliphatic carbocycles. The van der Waals surface area contributed by atoms with Crippen molar-refractivity contribution < 1.29 is 0 Å². The average molecular weight is 348 g/mol. The Balaban J connectivity index is 1.48. The number of rotatable bonds is 3. The molecule has 0 spiro atoms. The second-order valence-corrected chi connectivity index (χ2v) is 7.41. The van der Waals surface area contributed by atoms with E-state index < -0.39 is 0 Å². The van der Waals surface area contributed by atoms with Gasteiger partial charge >= 0.3 is 0 Å². The molecule has 0 bridgehead atoms. The monoisotopic (exact) mass is 347 g/mol. The Morgan fingerprint density at radius 2 is 1.65 bits per heavy atom. The van der Waals surface area contributed by atoms with Gasteiger partial charge in [0.15, 0.2) is 0 Å². The van der Waals surface area contributed by atoms with E-state index in [-0.39, 0.29) is 0 Å². The summed E-state index contributed by atoms with van der Waals surface area (Å²) in [6.07, 6.45) is 15.4. The van der Waals surface area contributed by atoms with Crippen LogP contribution in [0.25, 0.3) is 21.8 Å². The third-order valence-corrected chi connectivity index (χ3v) is 5.53. The summed E-state index contributed by atoms with van der Waals surface area (Å²) in [6, 6.07) is 10.7. The molecule has 0 saturated heterocycles. The number of para-hydroxylation sites is 1. The Kier molecular flexibility index (Phi) is 5.65. The molecule has 4 rings (SSSR count). The van der Waals surface area contributed by atoms with Gasteiger partial charge in [-0.25, -0.2) is 0 Å². The van der Waals surface area contributed by atoms with Gasteiger partial charge in [-0.15, -0.1) is 0 Å². The molecule has 3 aromatic rings. The topological polar surface area (TPSA) is 31.9 Å². The van der Waals surface area contributed by atoms with Crippen molar-refractivity contribution in [3.63, 3.8) is 0 Å². The van der Waals surface area contributed by atoms with E-state index in [2.05, 4.69) is 52.4 Å². The quantitative estimate of drug-likeness (QED) is 0.637. The molecule has 1 aliphatic heterocycles. The molecule has 1 N–H and O–H groups in total. The summed E-state index contributed by atoms with van der Waals surface area (Å²) in [7, 11) is 0. The van der Waals surface area contributed by atoms with Crippen LogP contribution in [0.1, 0.15) is 44.2 Å². The van der Waals surface area contributed by atoms with Crippen LogP contribution in [0.5, 0.6) is 0 Å². The molecule has 1 aromatic carbocycles. The van der Waals surface area contributed by atoms with Gasteiger partial charge in [-0.2, -0.15) is 0 Å². The van der Waals surface area contributed by atoms with E-state index in [1.54, 1.807) is 0 Å². The first-order valence-corrected chi connectivity index (χ1v) is 10.1. The highest BCUT2D eigenvalue weighted by atomic mass is 15.1. The van der Waals surface area contributed by atoms with E-state index in [1.165, 1.54) is 79.1 Å². The van der Waals surface area contributed by atoms with Crippen molar-refractivity contribution in [1.29, 1.82) is 0 Å². The highest BCUT2D eigenvalue weighted by Gasteiger charge is 2.11. The van der Waals surface area contributed by atoms with Gasteiger partial charge in [-0.1, -0.05) is 30.4 Å². The number of hydrogen-bond donors (Lipinski definition) is 1. The second-order valence-electron chi connectivity index (χ2n) is 7.41. The van der Waals surface area contributed by atoms with Gasteiger partial charge in [0, 0.05) is 35.5 Å². The molecule has 0 unspecified atom stereocenters. The highest BCUT2D eigenvalue weighted by Crippen LogP contribution is 2.26. The number of hydrogen-bond acceptors (Lipinski definition) is 2. The van der Waals surface area contributed by atoms with Gasteiger partial charge in [-0.05, 0) is 63.7 Å². The molecular weight excluding hydrogens is 318 g/mol. The number of nitrogens with zero attached hydrogens (tertiary/aromatic N) is 2. The molecule has 3 nitrogen and oxygen atoms in total. The van der Waals surface area contributed by atoms with Crippen molar-refractivity contribution in [3.8, 4) is 0 Å². The van der Waals surface area contributed by atoms with Crippen LogP contribution in [-0.4, -0.2) is 34.5 Å². The fourth-order valence-corrected chi connectivity index (χ4v) is 4.05. The maximum absolute atomic E-state index is 4.71. The van der Waals surface area contributed by atoms with Crippen molar-refractivity contribution in [1.82, 2.24) is 14.9 Å². The lowest BCUT2D eigenvalue weighted by Gasteiger charge is -2.22. The molecular formula is C23H29N3. The first-order chi connectivity index (χ1) is 12.9. The van der Waals surface area contributed by atoms with Crippen LogP contribution >= 0.6 is 0 Å². The van der Waals surface area contributed by atoms with E-state index in [1.807, 2.05) is 6.20 Å². The Hall–Kier alpha value is -2.13. The number of aromatic amines is 1. The van der Waals surface area contributed by atoms with E-state index in [4.69, 9.17) is 4.98 Å². The molecule has 3 heteroatoms. The summed E-state index contributed by atoms with van der Waals surface area (Å²) in [6.45, 7) is 3.54. The normalized spacial score (nSPS) is 18.8. The van der Waals surface area contributed by atoms with E-state index in [9.17, 15) is 0 Å². The van der Waals surface area contributed by atoms with Crippen LogP contribution in [0.15, 0.2) is 48.7 Å². The van der Waals surface area contributed by atoms with E-state index in [0.29, 0.717) is 0 Å².